The van der Waals surface area contributed by atoms with Gasteiger partial charge < -0.3 is 0 Å². The Balaban J connectivity index is 0.00000144. The van der Waals surface area contributed by atoms with Crippen molar-refractivity contribution in [2.45, 2.75) is 66.7 Å². The molecule has 0 heterocycles. The van der Waals surface area contributed by atoms with E-state index in [9.17, 15) is 4.79 Å². The molecule has 0 aliphatic heterocycles. The molecule has 0 amide bonds. The molecule has 6 atom stereocenters. The van der Waals surface area contributed by atoms with Crippen molar-refractivity contribution in [3.8, 4) is 0 Å². The van der Waals surface area contributed by atoms with Gasteiger partial charge in [-0.25, -0.2) is 0 Å². The van der Waals surface area contributed by atoms with Gasteiger partial charge in [0.1, 0.15) is 0 Å². The summed E-state index contributed by atoms with van der Waals surface area (Å²) in [6, 6.07) is 0. The Morgan fingerprint density at radius 3 is 2.64 bits per heavy atom. The van der Waals surface area contributed by atoms with Crippen LogP contribution in [0.25, 0.3) is 0 Å². The molecular formula is C21H32O. The van der Waals surface area contributed by atoms with Gasteiger partial charge in [-0.15, -0.1) is 0 Å². The first-order valence-electron chi connectivity index (χ1n) is 8.88. The summed E-state index contributed by atoms with van der Waals surface area (Å²) in [6.45, 7) is 7.46. The van der Waals surface area contributed by atoms with E-state index in [4.69, 9.17) is 0 Å². The number of ketones is 1. The molecule has 0 N–H and O–H groups in total. The van der Waals surface area contributed by atoms with Crippen molar-refractivity contribution in [2.75, 3.05) is 0 Å². The molecule has 1 nitrogen and oxygen atoms in total. The average Bonchev–Trinajstić information content (AvgIpc) is 2.76. The van der Waals surface area contributed by atoms with E-state index in [0.717, 1.165) is 36.5 Å². The second kappa shape index (κ2) is 5.08. The van der Waals surface area contributed by atoms with E-state index in [0.29, 0.717) is 11.2 Å². The minimum atomic E-state index is 0. The summed E-state index contributed by atoms with van der Waals surface area (Å²) in [7, 11) is 0. The Bertz CT molecular complexity index is 542. The highest BCUT2D eigenvalue weighted by molar-refractivity contribution is 5.92. The quantitative estimate of drug-likeness (QED) is 0.572. The second-order valence-corrected chi connectivity index (χ2v) is 8.66. The van der Waals surface area contributed by atoms with Gasteiger partial charge in [0.15, 0.2) is 5.78 Å². The first-order valence-corrected chi connectivity index (χ1v) is 8.88. The molecule has 2 saturated carbocycles. The fraction of sp³-hybridized carbons (Fsp3) is 0.762. The number of carbonyl (C=O) groups is 1. The third kappa shape index (κ3) is 1.93. The summed E-state index contributed by atoms with van der Waals surface area (Å²) in [5.41, 5.74) is 2.16. The molecule has 22 heavy (non-hydrogen) atoms. The highest BCUT2D eigenvalue weighted by Crippen LogP contribution is 2.64. The maximum atomic E-state index is 11.8. The number of fused-ring (bicyclic) bond motifs is 5. The summed E-state index contributed by atoms with van der Waals surface area (Å²) in [6.07, 6.45) is 14.1. The molecule has 2 fully saturated rings. The fourth-order valence-corrected chi connectivity index (χ4v) is 6.26. The zero-order valence-corrected chi connectivity index (χ0v) is 13.7. The van der Waals surface area contributed by atoms with E-state index in [-0.39, 0.29) is 12.8 Å². The Kier molecular flexibility index (Phi) is 3.70. The number of hydrogen-bond donors (Lipinski definition) is 0. The van der Waals surface area contributed by atoms with Crippen LogP contribution in [0.2, 0.25) is 0 Å². The summed E-state index contributed by atoms with van der Waals surface area (Å²) in [4.78, 5) is 11.8. The van der Waals surface area contributed by atoms with Crippen molar-refractivity contribution >= 4 is 5.78 Å². The molecule has 3 unspecified atom stereocenters. The Labute approximate surface area is 136 Å². The number of allylic oxidation sites excluding steroid dienone is 4. The summed E-state index contributed by atoms with van der Waals surface area (Å²) < 4.78 is 0. The molecule has 0 aromatic heterocycles. The molecule has 0 bridgehead atoms. The lowest BCUT2D eigenvalue weighted by Crippen LogP contribution is -2.48. The van der Waals surface area contributed by atoms with E-state index in [1.54, 1.807) is 0 Å². The zero-order valence-electron chi connectivity index (χ0n) is 13.7. The summed E-state index contributed by atoms with van der Waals surface area (Å²) >= 11 is 0. The summed E-state index contributed by atoms with van der Waals surface area (Å²) in [5, 5.41) is 0. The van der Waals surface area contributed by atoms with Gasteiger partial charge in [0.25, 0.3) is 0 Å². The lowest BCUT2D eigenvalue weighted by atomic mass is 9.49. The molecule has 0 aromatic carbocycles. The molecule has 0 spiro atoms. The predicted octanol–water partition coefficient (Wildman–Crippen LogP) is 5.57. The van der Waals surface area contributed by atoms with Crippen molar-refractivity contribution in [3.63, 3.8) is 0 Å². The van der Waals surface area contributed by atoms with Crippen LogP contribution in [-0.2, 0) is 4.79 Å². The normalized spacial score (nSPS) is 49.6. The second-order valence-electron chi connectivity index (χ2n) is 8.66. The third-order valence-electron chi connectivity index (χ3n) is 7.99. The standard InChI is InChI=1S/C20H28O.CH4/c1-13-4-7-17-16-6-5-14-12-15(21)8-10-20(14,3)18(16)9-11-19(13,17)2;/h5-6,12-13,16-18H,4,7-11H2,1-3H3;1H4/t13-,16?,17?,18?,19+,20-;/m0./s1. The van der Waals surface area contributed by atoms with Crippen LogP contribution in [0.3, 0.4) is 0 Å². The first kappa shape index (κ1) is 16.0. The van der Waals surface area contributed by atoms with E-state index >= 15 is 0 Å². The van der Waals surface area contributed by atoms with E-state index in [1.165, 1.54) is 31.3 Å². The van der Waals surface area contributed by atoms with Crippen LogP contribution < -0.4 is 0 Å². The van der Waals surface area contributed by atoms with Crippen molar-refractivity contribution in [2.24, 2.45) is 34.5 Å². The molecule has 122 valence electrons. The van der Waals surface area contributed by atoms with Crippen molar-refractivity contribution in [1.82, 2.24) is 0 Å². The molecule has 0 aromatic rings. The third-order valence-corrected chi connectivity index (χ3v) is 7.99. The van der Waals surface area contributed by atoms with Gasteiger partial charge in [-0.1, -0.05) is 40.3 Å². The first-order chi connectivity index (χ1) is 9.95. The smallest absolute Gasteiger partial charge is 0.156 e. The lowest BCUT2D eigenvalue weighted by Gasteiger charge is -2.55. The summed E-state index contributed by atoms with van der Waals surface area (Å²) in [5.74, 6) is 3.61. The molecular weight excluding hydrogens is 268 g/mol. The van der Waals surface area contributed by atoms with E-state index in [2.05, 4.69) is 32.9 Å². The topological polar surface area (TPSA) is 17.1 Å². The van der Waals surface area contributed by atoms with Gasteiger partial charge in [-0.3, -0.25) is 4.79 Å². The Hall–Kier alpha value is -0.850. The van der Waals surface area contributed by atoms with E-state index in [1.807, 2.05) is 6.08 Å². The molecule has 0 saturated heterocycles. The monoisotopic (exact) mass is 300 g/mol. The van der Waals surface area contributed by atoms with Crippen LogP contribution in [0.15, 0.2) is 23.8 Å². The van der Waals surface area contributed by atoms with Crippen LogP contribution in [0.4, 0.5) is 0 Å². The largest absolute Gasteiger partial charge is 0.295 e. The Morgan fingerprint density at radius 1 is 1.09 bits per heavy atom. The minimum absolute atomic E-state index is 0. The predicted molar refractivity (Wildman–Crippen MR) is 92.5 cm³/mol. The maximum absolute atomic E-state index is 11.8. The zero-order chi connectivity index (χ0) is 14.8. The highest BCUT2D eigenvalue weighted by Gasteiger charge is 2.56. The molecule has 4 aliphatic rings. The number of carbonyl (C=O) groups excluding carboxylic acids is 1. The SMILES string of the molecule is C.C[C@H]1CCC2C3C=CC4=CC(=O)CC[C@]4(C)C3CC[C@@]21C. The van der Waals surface area contributed by atoms with Crippen LogP contribution >= 0.6 is 0 Å². The van der Waals surface area contributed by atoms with Crippen molar-refractivity contribution in [1.29, 1.82) is 0 Å². The van der Waals surface area contributed by atoms with Gasteiger partial charge in [-0.2, -0.15) is 0 Å². The van der Waals surface area contributed by atoms with Crippen LogP contribution in [0.1, 0.15) is 66.7 Å². The maximum Gasteiger partial charge on any atom is 0.156 e. The van der Waals surface area contributed by atoms with Gasteiger partial charge in [0, 0.05) is 6.42 Å². The molecule has 4 aliphatic carbocycles. The van der Waals surface area contributed by atoms with Gasteiger partial charge in [0.2, 0.25) is 0 Å². The van der Waals surface area contributed by atoms with Crippen LogP contribution in [0.5, 0.6) is 0 Å². The number of hydrogen-bond acceptors (Lipinski definition) is 1. The lowest BCUT2D eigenvalue weighted by molar-refractivity contribution is -0.116. The van der Waals surface area contributed by atoms with Gasteiger partial charge >= 0.3 is 0 Å². The van der Waals surface area contributed by atoms with Crippen LogP contribution in [0, 0.1) is 34.5 Å². The molecule has 0 radical (unpaired) electrons. The Morgan fingerprint density at radius 2 is 1.86 bits per heavy atom. The molecule has 4 rings (SSSR count). The van der Waals surface area contributed by atoms with E-state index < -0.39 is 0 Å². The molecule has 1 heteroatoms. The van der Waals surface area contributed by atoms with Gasteiger partial charge in [-0.05, 0) is 78.3 Å². The fourth-order valence-electron chi connectivity index (χ4n) is 6.26. The van der Waals surface area contributed by atoms with Crippen LogP contribution in [-0.4, -0.2) is 5.78 Å². The number of rotatable bonds is 0. The van der Waals surface area contributed by atoms with Crippen molar-refractivity contribution in [3.05, 3.63) is 23.8 Å². The average molecular weight is 300 g/mol. The highest BCUT2D eigenvalue weighted by atomic mass is 16.1. The van der Waals surface area contributed by atoms with Crippen molar-refractivity contribution < 1.29 is 4.79 Å². The minimum Gasteiger partial charge on any atom is -0.295 e. The van der Waals surface area contributed by atoms with Gasteiger partial charge in [0.05, 0.1) is 0 Å².